The number of nitrogens with zero attached hydrogens (tertiary/aromatic N) is 3. The maximum atomic E-state index is 13.6. The zero-order chi connectivity index (χ0) is 20.0. The zero-order valence-corrected chi connectivity index (χ0v) is 15.8. The van der Waals surface area contributed by atoms with Crippen LogP contribution in [0.3, 0.4) is 0 Å². The number of carbonyl (C=O) groups excluding carboxylic acids is 1. The topological polar surface area (TPSA) is 68.5 Å². The van der Waals surface area contributed by atoms with Crippen LogP contribution < -0.4 is 4.90 Å². The van der Waals surface area contributed by atoms with Crippen molar-refractivity contribution in [1.82, 2.24) is 9.97 Å². The van der Waals surface area contributed by atoms with Gasteiger partial charge in [-0.1, -0.05) is 0 Å². The van der Waals surface area contributed by atoms with Crippen molar-refractivity contribution in [2.24, 2.45) is 0 Å². The molecule has 0 aliphatic carbocycles. The monoisotopic (exact) mass is 391 g/mol. The fourth-order valence-corrected chi connectivity index (χ4v) is 3.74. The minimum absolute atomic E-state index is 0.315. The highest BCUT2D eigenvalue weighted by Crippen LogP contribution is 2.35. The molecule has 0 unspecified atom stereocenters. The van der Waals surface area contributed by atoms with Gasteiger partial charge < -0.3 is 14.1 Å². The molecular formula is C22H18FN3O3. The third kappa shape index (κ3) is 3.08. The van der Waals surface area contributed by atoms with Crippen molar-refractivity contribution in [2.75, 3.05) is 25.1 Å². The van der Waals surface area contributed by atoms with Crippen LogP contribution in [0.25, 0.3) is 33.5 Å². The highest BCUT2D eigenvalue weighted by molar-refractivity contribution is 5.94. The molecule has 0 spiro atoms. The molecular weight excluding hydrogens is 373 g/mol. The van der Waals surface area contributed by atoms with Crippen molar-refractivity contribution in [1.29, 1.82) is 0 Å². The van der Waals surface area contributed by atoms with Gasteiger partial charge in [-0.25, -0.2) is 19.2 Å². The van der Waals surface area contributed by atoms with Crippen molar-refractivity contribution in [2.45, 2.75) is 12.8 Å². The summed E-state index contributed by atoms with van der Waals surface area (Å²) in [6.07, 6.45) is 2.15. The average molecular weight is 391 g/mol. The van der Waals surface area contributed by atoms with E-state index in [4.69, 9.17) is 19.1 Å². The van der Waals surface area contributed by atoms with Crippen LogP contribution in [0.1, 0.15) is 23.2 Å². The Labute approximate surface area is 165 Å². The number of benzene rings is 2. The Morgan fingerprint density at radius 1 is 1.07 bits per heavy atom. The number of halogens is 1. The van der Waals surface area contributed by atoms with Crippen molar-refractivity contribution < 1.29 is 18.3 Å². The van der Waals surface area contributed by atoms with E-state index in [1.54, 1.807) is 30.3 Å². The highest BCUT2D eigenvalue weighted by atomic mass is 19.1. The molecule has 2 aromatic heterocycles. The molecule has 0 radical (unpaired) electrons. The summed E-state index contributed by atoms with van der Waals surface area (Å²) in [6.45, 7) is 1.75. The number of fused-ring (bicyclic) bond motifs is 2. The molecule has 1 aliphatic rings. The molecule has 1 fully saturated rings. The summed E-state index contributed by atoms with van der Waals surface area (Å²) < 4.78 is 24.4. The summed E-state index contributed by atoms with van der Waals surface area (Å²) in [5.74, 6) is 0.514. The normalized spacial score (nSPS) is 14.1. The quantitative estimate of drug-likeness (QED) is 0.477. The first-order valence-electron chi connectivity index (χ1n) is 9.47. The summed E-state index contributed by atoms with van der Waals surface area (Å²) in [5.41, 5.74) is 2.88. The van der Waals surface area contributed by atoms with Crippen molar-refractivity contribution in [3.63, 3.8) is 0 Å². The summed E-state index contributed by atoms with van der Waals surface area (Å²) in [7, 11) is 1.35. The smallest absolute Gasteiger partial charge is 0.337 e. The molecule has 146 valence electrons. The minimum Gasteiger partial charge on any atom is -0.465 e. The first-order valence-corrected chi connectivity index (χ1v) is 9.47. The number of methoxy groups -OCH3 is 1. The summed E-state index contributed by atoms with van der Waals surface area (Å²) in [5, 5.41) is 0.676. The SMILES string of the molecule is COC(=O)c1ccc2nc(-c3cc4cc(F)ccc4o3)c(N3CCCC3)nc2c1. The van der Waals surface area contributed by atoms with Gasteiger partial charge in [-0.05, 0) is 55.3 Å². The van der Waals surface area contributed by atoms with E-state index in [2.05, 4.69) is 4.90 Å². The molecule has 0 amide bonds. The maximum absolute atomic E-state index is 13.6. The number of aromatic nitrogens is 2. The van der Waals surface area contributed by atoms with Crippen LogP contribution in [-0.4, -0.2) is 36.1 Å². The van der Waals surface area contributed by atoms with E-state index in [-0.39, 0.29) is 5.82 Å². The van der Waals surface area contributed by atoms with Gasteiger partial charge in [0.15, 0.2) is 11.6 Å². The zero-order valence-electron chi connectivity index (χ0n) is 15.8. The molecule has 6 nitrogen and oxygen atoms in total. The Hall–Kier alpha value is -3.48. The second-order valence-electron chi connectivity index (χ2n) is 7.08. The standard InChI is InChI=1S/C22H18FN3O3/c1-28-22(27)13-4-6-16-17(11-13)25-21(26-8-2-3-9-26)20(24-16)19-12-14-10-15(23)5-7-18(14)29-19/h4-7,10-12H,2-3,8-9H2,1H3. The molecule has 2 aromatic carbocycles. The van der Waals surface area contributed by atoms with E-state index in [0.29, 0.717) is 44.8 Å². The Morgan fingerprint density at radius 2 is 1.90 bits per heavy atom. The largest absolute Gasteiger partial charge is 0.465 e. The van der Waals surface area contributed by atoms with Crippen LogP contribution >= 0.6 is 0 Å². The average Bonchev–Trinajstić information content (AvgIpc) is 3.41. The predicted octanol–water partition coefficient (Wildman–Crippen LogP) is 4.57. The second kappa shape index (κ2) is 6.84. The molecule has 0 saturated carbocycles. The van der Waals surface area contributed by atoms with E-state index in [9.17, 15) is 9.18 Å². The van der Waals surface area contributed by atoms with Crippen molar-refractivity contribution in [3.05, 3.63) is 53.8 Å². The number of hydrogen-bond acceptors (Lipinski definition) is 6. The van der Waals surface area contributed by atoms with E-state index in [1.165, 1.54) is 19.2 Å². The van der Waals surface area contributed by atoms with E-state index >= 15 is 0 Å². The molecule has 1 saturated heterocycles. The van der Waals surface area contributed by atoms with Gasteiger partial charge in [-0.15, -0.1) is 0 Å². The van der Waals surface area contributed by atoms with Crippen molar-refractivity contribution in [3.8, 4) is 11.5 Å². The summed E-state index contributed by atoms with van der Waals surface area (Å²) in [6, 6.07) is 11.3. The van der Waals surface area contributed by atoms with Crippen LogP contribution in [0, 0.1) is 5.82 Å². The van der Waals surface area contributed by atoms with Crippen LogP contribution in [0.15, 0.2) is 46.9 Å². The molecule has 0 atom stereocenters. The van der Waals surface area contributed by atoms with E-state index < -0.39 is 5.97 Å². The molecule has 4 aromatic rings. The van der Waals surface area contributed by atoms with E-state index in [1.807, 2.05) is 0 Å². The van der Waals surface area contributed by atoms with Crippen molar-refractivity contribution >= 4 is 33.8 Å². The number of carbonyl (C=O) groups is 1. The lowest BCUT2D eigenvalue weighted by atomic mass is 10.1. The first kappa shape index (κ1) is 17.6. The molecule has 29 heavy (non-hydrogen) atoms. The number of anilines is 1. The molecule has 1 aliphatic heterocycles. The van der Waals surface area contributed by atoms with Gasteiger partial charge in [0.1, 0.15) is 17.1 Å². The van der Waals surface area contributed by atoms with Gasteiger partial charge in [0, 0.05) is 18.5 Å². The lowest BCUT2D eigenvalue weighted by Gasteiger charge is -2.19. The number of furan rings is 1. The molecule has 5 rings (SSSR count). The van der Waals surface area contributed by atoms with Gasteiger partial charge >= 0.3 is 5.97 Å². The third-order valence-electron chi connectivity index (χ3n) is 5.18. The third-order valence-corrected chi connectivity index (χ3v) is 5.18. The lowest BCUT2D eigenvalue weighted by molar-refractivity contribution is 0.0601. The lowest BCUT2D eigenvalue weighted by Crippen LogP contribution is -2.20. The second-order valence-corrected chi connectivity index (χ2v) is 7.08. The van der Waals surface area contributed by atoms with Crippen LogP contribution in [-0.2, 0) is 4.74 Å². The number of hydrogen-bond donors (Lipinski definition) is 0. The molecule has 3 heterocycles. The van der Waals surface area contributed by atoms with Gasteiger partial charge in [0.05, 0.1) is 23.7 Å². The first-order chi connectivity index (χ1) is 14.1. The molecule has 0 N–H and O–H groups in total. The highest BCUT2D eigenvalue weighted by Gasteiger charge is 2.23. The fourth-order valence-electron chi connectivity index (χ4n) is 3.74. The van der Waals surface area contributed by atoms with Gasteiger partial charge in [0.2, 0.25) is 0 Å². The fraction of sp³-hybridized carbons (Fsp3) is 0.227. The maximum Gasteiger partial charge on any atom is 0.337 e. The minimum atomic E-state index is -0.417. The molecule has 7 heteroatoms. The number of ether oxygens (including phenoxy) is 1. The van der Waals surface area contributed by atoms with Crippen LogP contribution in [0.2, 0.25) is 0 Å². The van der Waals surface area contributed by atoms with Crippen LogP contribution in [0.5, 0.6) is 0 Å². The van der Waals surface area contributed by atoms with Crippen LogP contribution in [0.4, 0.5) is 10.2 Å². The Bertz CT molecular complexity index is 1250. The predicted molar refractivity (Wildman–Crippen MR) is 107 cm³/mol. The Kier molecular flexibility index (Phi) is 4.16. The van der Waals surface area contributed by atoms with E-state index in [0.717, 1.165) is 25.9 Å². The Morgan fingerprint density at radius 3 is 2.69 bits per heavy atom. The van der Waals surface area contributed by atoms with Gasteiger partial charge in [0.25, 0.3) is 0 Å². The molecule has 0 bridgehead atoms. The number of rotatable bonds is 3. The summed E-state index contributed by atoms with van der Waals surface area (Å²) >= 11 is 0. The Balaban J connectivity index is 1.71. The summed E-state index contributed by atoms with van der Waals surface area (Å²) in [4.78, 5) is 23.7. The van der Waals surface area contributed by atoms with Gasteiger partial charge in [-0.2, -0.15) is 0 Å². The number of esters is 1. The van der Waals surface area contributed by atoms with Gasteiger partial charge in [-0.3, -0.25) is 0 Å².